The summed E-state index contributed by atoms with van der Waals surface area (Å²) in [6.45, 7) is 2.80. The Bertz CT molecular complexity index is 928. The maximum atomic E-state index is 13.2. The average molecular weight is 400 g/mol. The molecule has 0 atom stereocenters. The fraction of sp³-hybridized carbons (Fsp3) is 0.500. The van der Waals surface area contributed by atoms with Crippen LogP contribution in [0.4, 0.5) is 4.79 Å². The first-order chi connectivity index (χ1) is 14.0. The summed E-state index contributed by atoms with van der Waals surface area (Å²) >= 11 is 0. The third-order valence-corrected chi connectivity index (χ3v) is 5.58. The number of pyridine rings is 1. The monoisotopic (exact) mass is 400 g/mol. The van der Waals surface area contributed by atoms with E-state index in [9.17, 15) is 14.4 Å². The van der Waals surface area contributed by atoms with Crippen LogP contribution in [-0.2, 0) is 16.3 Å². The molecule has 1 aliphatic heterocycles. The zero-order chi connectivity index (χ0) is 20.8. The van der Waals surface area contributed by atoms with Crippen LogP contribution in [-0.4, -0.2) is 39.7 Å². The number of esters is 1. The van der Waals surface area contributed by atoms with Crippen molar-refractivity contribution in [2.75, 3.05) is 13.1 Å². The van der Waals surface area contributed by atoms with Gasteiger partial charge in [0.15, 0.2) is 6.73 Å². The molecular weight excluding hydrogens is 372 g/mol. The molecule has 156 valence electrons. The quantitative estimate of drug-likeness (QED) is 0.562. The number of nitrogens with zero attached hydrogens (tertiary/aromatic N) is 2. The van der Waals surface area contributed by atoms with Crippen molar-refractivity contribution in [2.24, 2.45) is 0 Å². The normalized spacial score (nSPS) is 14.9. The molecule has 2 heterocycles. The van der Waals surface area contributed by atoms with Gasteiger partial charge in [-0.25, -0.2) is 4.79 Å². The van der Waals surface area contributed by atoms with E-state index >= 15 is 0 Å². The molecular formula is C22H28N2O5. The molecule has 0 aliphatic carbocycles. The standard InChI is InChI=1S/C22H28N2O5/c1-2-3-4-9-20(25)29-15-24-19-8-6-5-7-17(19)14-18(21(24)26)16-10-12-23(13-11-16)22(27)28/h5-8,14,16H,2-4,9-13,15H2,1H3,(H,27,28). The van der Waals surface area contributed by atoms with Crippen molar-refractivity contribution in [3.63, 3.8) is 0 Å². The average Bonchev–Trinajstić information content (AvgIpc) is 2.73. The summed E-state index contributed by atoms with van der Waals surface area (Å²) in [5.41, 5.74) is 1.22. The first kappa shape index (κ1) is 20.9. The summed E-state index contributed by atoms with van der Waals surface area (Å²) in [6.07, 6.45) is 3.44. The smallest absolute Gasteiger partial charge is 0.407 e. The van der Waals surface area contributed by atoms with Gasteiger partial charge in [-0.05, 0) is 42.7 Å². The molecule has 1 aliphatic rings. The van der Waals surface area contributed by atoms with Crippen LogP contribution in [0.3, 0.4) is 0 Å². The summed E-state index contributed by atoms with van der Waals surface area (Å²) < 4.78 is 6.91. The lowest BCUT2D eigenvalue weighted by Crippen LogP contribution is -2.38. The Morgan fingerprint density at radius 1 is 1.17 bits per heavy atom. The van der Waals surface area contributed by atoms with Crippen molar-refractivity contribution in [2.45, 2.75) is 58.1 Å². The molecule has 1 N–H and O–H groups in total. The number of fused-ring (bicyclic) bond motifs is 1. The molecule has 3 rings (SSSR count). The predicted molar refractivity (Wildman–Crippen MR) is 110 cm³/mol. The minimum absolute atomic E-state index is 0.00536. The molecule has 7 heteroatoms. The topological polar surface area (TPSA) is 88.8 Å². The van der Waals surface area contributed by atoms with Crippen LogP contribution in [0.15, 0.2) is 35.1 Å². The Labute approximate surface area is 169 Å². The Hall–Kier alpha value is -2.83. The van der Waals surface area contributed by atoms with Crippen LogP contribution in [0.25, 0.3) is 10.9 Å². The lowest BCUT2D eigenvalue weighted by molar-refractivity contribution is -0.147. The lowest BCUT2D eigenvalue weighted by atomic mass is 9.89. The molecule has 1 fully saturated rings. The molecule has 29 heavy (non-hydrogen) atoms. The van der Waals surface area contributed by atoms with Gasteiger partial charge in [-0.15, -0.1) is 0 Å². The molecule has 0 unspecified atom stereocenters. The molecule has 0 radical (unpaired) electrons. The molecule has 0 bridgehead atoms. The SMILES string of the molecule is CCCCCC(=O)OCn1c(=O)c(C2CCN(C(=O)O)CC2)cc2ccccc21. The van der Waals surface area contributed by atoms with E-state index in [1.807, 2.05) is 30.3 Å². The summed E-state index contributed by atoms with van der Waals surface area (Å²) in [5.74, 6) is -0.302. The van der Waals surface area contributed by atoms with Crippen molar-refractivity contribution in [1.82, 2.24) is 9.47 Å². The van der Waals surface area contributed by atoms with Crippen LogP contribution in [0.5, 0.6) is 0 Å². The van der Waals surface area contributed by atoms with Gasteiger partial charge in [0, 0.05) is 25.1 Å². The molecule has 1 aromatic heterocycles. The summed E-state index contributed by atoms with van der Waals surface area (Å²) in [5, 5.41) is 10.1. The number of benzene rings is 1. The number of unbranched alkanes of at least 4 members (excludes halogenated alkanes) is 2. The molecule has 1 saturated heterocycles. The predicted octanol–water partition coefficient (Wildman–Crippen LogP) is 3.94. The second-order valence-corrected chi connectivity index (χ2v) is 7.54. The summed E-state index contributed by atoms with van der Waals surface area (Å²) in [6, 6.07) is 9.44. The molecule has 0 saturated carbocycles. The Kier molecular flexibility index (Phi) is 6.90. The summed E-state index contributed by atoms with van der Waals surface area (Å²) in [7, 11) is 0. The maximum absolute atomic E-state index is 13.2. The number of rotatable bonds is 7. The first-order valence-electron chi connectivity index (χ1n) is 10.3. The van der Waals surface area contributed by atoms with Gasteiger partial charge in [0.1, 0.15) is 0 Å². The van der Waals surface area contributed by atoms with Crippen LogP contribution in [0, 0.1) is 0 Å². The Balaban J connectivity index is 1.83. The fourth-order valence-corrected chi connectivity index (χ4v) is 3.88. The van der Waals surface area contributed by atoms with E-state index < -0.39 is 6.09 Å². The number of aromatic nitrogens is 1. The number of para-hydroxylation sites is 1. The number of carbonyl (C=O) groups excluding carboxylic acids is 1. The van der Waals surface area contributed by atoms with Gasteiger partial charge in [-0.1, -0.05) is 38.0 Å². The van der Waals surface area contributed by atoms with Crippen molar-refractivity contribution < 1.29 is 19.4 Å². The van der Waals surface area contributed by atoms with E-state index in [1.54, 1.807) is 0 Å². The van der Waals surface area contributed by atoms with Gasteiger partial charge >= 0.3 is 12.1 Å². The molecule has 1 amide bonds. The highest BCUT2D eigenvalue weighted by Crippen LogP contribution is 2.28. The number of hydrogen-bond acceptors (Lipinski definition) is 4. The number of amides is 1. The molecule has 1 aromatic carbocycles. The van der Waals surface area contributed by atoms with Crippen LogP contribution >= 0.6 is 0 Å². The summed E-state index contributed by atoms with van der Waals surface area (Å²) in [4.78, 5) is 37.8. The van der Waals surface area contributed by atoms with E-state index in [0.29, 0.717) is 37.9 Å². The largest absolute Gasteiger partial charge is 0.465 e. The lowest BCUT2D eigenvalue weighted by Gasteiger charge is -2.30. The third kappa shape index (κ3) is 4.96. The van der Waals surface area contributed by atoms with Gasteiger partial charge in [0.05, 0.1) is 5.52 Å². The van der Waals surface area contributed by atoms with E-state index in [4.69, 9.17) is 9.84 Å². The maximum Gasteiger partial charge on any atom is 0.407 e. The van der Waals surface area contributed by atoms with Gasteiger partial charge in [-0.3, -0.25) is 14.2 Å². The highest BCUT2D eigenvalue weighted by Gasteiger charge is 2.26. The van der Waals surface area contributed by atoms with Crippen LogP contribution < -0.4 is 5.56 Å². The van der Waals surface area contributed by atoms with E-state index in [2.05, 4.69) is 6.92 Å². The second-order valence-electron chi connectivity index (χ2n) is 7.54. The number of ether oxygens (including phenoxy) is 1. The van der Waals surface area contributed by atoms with Crippen molar-refractivity contribution in [1.29, 1.82) is 0 Å². The van der Waals surface area contributed by atoms with Gasteiger partial charge < -0.3 is 14.7 Å². The third-order valence-electron chi connectivity index (χ3n) is 5.58. The highest BCUT2D eigenvalue weighted by atomic mass is 16.5. The number of carboxylic acid groups (broad SMARTS) is 1. The van der Waals surface area contributed by atoms with Gasteiger partial charge in [-0.2, -0.15) is 0 Å². The van der Waals surface area contributed by atoms with Crippen LogP contribution in [0.1, 0.15) is 56.9 Å². The Morgan fingerprint density at radius 3 is 2.59 bits per heavy atom. The number of likely N-dealkylation sites (tertiary alicyclic amines) is 1. The number of piperidine rings is 1. The molecule has 2 aromatic rings. The first-order valence-corrected chi connectivity index (χ1v) is 10.3. The van der Waals surface area contributed by atoms with E-state index in [0.717, 1.165) is 30.2 Å². The minimum Gasteiger partial charge on any atom is -0.465 e. The zero-order valence-electron chi connectivity index (χ0n) is 16.8. The van der Waals surface area contributed by atoms with E-state index in [-0.39, 0.29) is 24.2 Å². The molecule has 0 spiro atoms. The van der Waals surface area contributed by atoms with Crippen LogP contribution in [0.2, 0.25) is 0 Å². The molecule has 7 nitrogen and oxygen atoms in total. The van der Waals surface area contributed by atoms with Gasteiger partial charge in [0.25, 0.3) is 5.56 Å². The van der Waals surface area contributed by atoms with Crippen molar-refractivity contribution >= 4 is 23.0 Å². The highest BCUT2D eigenvalue weighted by molar-refractivity contribution is 5.80. The van der Waals surface area contributed by atoms with Crippen molar-refractivity contribution in [3.8, 4) is 0 Å². The Morgan fingerprint density at radius 2 is 1.90 bits per heavy atom. The second kappa shape index (κ2) is 9.58. The minimum atomic E-state index is -0.922. The number of hydrogen-bond donors (Lipinski definition) is 1. The van der Waals surface area contributed by atoms with E-state index in [1.165, 1.54) is 9.47 Å². The van der Waals surface area contributed by atoms with Crippen molar-refractivity contribution in [3.05, 3.63) is 46.2 Å². The van der Waals surface area contributed by atoms with Gasteiger partial charge in [0.2, 0.25) is 0 Å². The fourth-order valence-electron chi connectivity index (χ4n) is 3.88. The zero-order valence-corrected chi connectivity index (χ0v) is 16.8. The number of carbonyl (C=O) groups is 2.